The summed E-state index contributed by atoms with van der Waals surface area (Å²) >= 11 is 5.38. The predicted molar refractivity (Wildman–Crippen MR) is 120 cm³/mol. The number of carboxylic acid groups (broad SMARTS) is 2. The average molecular weight is 481 g/mol. The molecule has 0 aliphatic heterocycles. The summed E-state index contributed by atoms with van der Waals surface area (Å²) in [5.41, 5.74) is 5.63. The minimum Gasteiger partial charge on any atom is -0.481 e. The second-order valence-electron chi connectivity index (χ2n) is 7.19. The highest BCUT2D eigenvalue weighted by atomic mass is 32.2. The van der Waals surface area contributed by atoms with Gasteiger partial charge < -0.3 is 31.9 Å². The van der Waals surface area contributed by atoms with Crippen molar-refractivity contribution in [1.29, 1.82) is 0 Å². The second kappa shape index (κ2) is 14.9. The first-order chi connectivity index (χ1) is 14.4. The molecular weight excluding hydrogens is 448 g/mol. The van der Waals surface area contributed by atoms with Crippen LogP contribution in [0.15, 0.2) is 0 Å². The summed E-state index contributed by atoms with van der Waals surface area (Å²) in [5.74, 6) is -4.23. The highest BCUT2D eigenvalue weighted by Gasteiger charge is 2.31. The molecule has 4 atom stereocenters. The number of aliphatic carboxylic acids is 2. The maximum Gasteiger partial charge on any atom is 0.326 e. The Balaban J connectivity index is 5.35. The number of carbonyl (C=O) groups is 5. The number of amides is 3. The van der Waals surface area contributed by atoms with E-state index in [0.717, 1.165) is 0 Å². The van der Waals surface area contributed by atoms with Gasteiger partial charge in [-0.1, -0.05) is 13.8 Å². The van der Waals surface area contributed by atoms with Crippen LogP contribution in [0.25, 0.3) is 0 Å². The Morgan fingerprint density at radius 2 is 1.52 bits per heavy atom. The summed E-state index contributed by atoms with van der Waals surface area (Å²) in [6.45, 7) is 3.42. The highest BCUT2D eigenvalue weighted by molar-refractivity contribution is 7.98. The maximum absolute atomic E-state index is 12.8. The third-order valence-corrected chi connectivity index (χ3v) is 5.32. The predicted octanol–water partition coefficient (Wildman–Crippen LogP) is -0.944. The molecule has 3 amide bonds. The van der Waals surface area contributed by atoms with E-state index in [4.69, 9.17) is 10.8 Å². The lowest BCUT2D eigenvalue weighted by molar-refractivity contribution is -0.143. The SMILES string of the molecule is CSCCC(NC(=O)C(NC(=O)C(N)CS)C(C)C)C(=O)NC(CCC(=O)O)C(=O)O. The number of carbonyl (C=O) groups excluding carboxylic acids is 3. The van der Waals surface area contributed by atoms with Crippen LogP contribution in [-0.2, 0) is 24.0 Å². The van der Waals surface area contributed by atoms with Crippen molar-refractivity contribution in [2.75, 3.05) is 17.8 Å². The van der Waals surface area contributed by atoms with E-state index in [1.807, 2.05) is 0 Å². The van der Waals surface area contributed by atoms with Crippen LogP contribution in [0, 0.1) is 5.92 Å². The average Bonchev–Trinajstić information content (AvgIpc) is 2.70. The number of nitrogens with one attached hydrogen (secondary N) is 3. The number of nitrogens with two attached hydrogens (primary N) is 1. The molecule has 0 bridgehead atoms. The van der Waals surface area contributed by atoms with Crippen LogP contribution in [0.2, 0.25) is 0 Å². The molecule has 0 fully saturated rings. The van der Waals surface area contributed by atoms with Gasteiger partial charge in [0.1, 0.15) is 18.1 Å². The molecule has 0 aliphatic carbocycles. The quantitative estimate of drug-likeness (QED) is 0.145. The molecule has 0 aromatic rings. The van der Waals surface area contributed by atoms with E-state index in [9.17, 15) is 29.1 Å². The van der Waals surface area contributed by atoms with Crippen LogP contribution in [0.5, 0.6) is 0 Å². The van der Waals surface area contributed by atoms with Gasteiger partial charge >= 0.3 is 11.9 Å². The van der Waals surface area contributed by atoms with Crippen molar-refractivity contribution in [3.05, 3.63) is 0 Å². The van der Waals surface area contributed by atoms with Crippen molar-refractivity contribution in [2.24, 2.45) is 11.7 Å². The van der Waals surface area contributed by atoms with Gasteiger partial charge in [-0.3, -0.25) is 19.2 Å². The third kappa shape index (κ3) is 11.3. The molecule has 178 valence electrons. The van der Waals surface area contributed by atoms with E-state index in [1.54, 1.807) is 20.1 Å². The normalized spacial score (nSPS) is 14.8. The fourth-order valence-corrected chi connectivity index (χ4v) is 3.08. The van der Waals surface area contributed by atoms with Crippen LogP contribution in [0.4, 0.5) is 0 Å². The van der Waals surface area contributed by atoms with Gasteiger partial charge in [0, 0.05) is 12.2 Å². The lowest BCUT2D eigenvalue weighted by Gasteiger charge is -2.26. The Bertz CT molecular complexity index is 648. The smallest absolute Gasteiger partial charge is 0.326 e. The Hall–Kier alpha value is -1.99. The lowest BCUT2D eigenvalue weighted by Crippen LogP contribution is -2.58. The molecule has 0 saturated carbocycles. The zero-order valence-electron chi connectivity index (χ0n) is 17.8. The van der Waals surface area contributed by atoms with E-state index in [-0.39, 0.29) is 24.5 Å². The monoisotopic (exact) mass is 480 g/mol. The first-order valence-electron chi connectivity index (χ1n) is 9.65. The Morgan fingerprint density at radius 3 is 1.97 bits per heavy atom. The first kappa shape index (κ1) is 29.0. The fourth-order valence-electron chi connectivity index (χ4n) is 2.44. The van der Waals surface area contributed by atoms with Gasteiger partial charge in [0.05, 0.1) is 6.04 Å². The Labute approximate surface area is 191 Å². The summed E-state index contributed by atoms with van der Waals surface area (Å²) in [6.07, 6.45) is 1.27. The third-order valence-electron chi connectivity index (χ3n) is 4.29. The van der Waals surface area contributed by atoms with E-state index in [0.29, 0.717) is 5.75 Å². The van der Waals surface area contributed by atoms with Gasteiger partial charge in [0.15, 0.2) is 0 Å². The first-order valence-corrected chi connectivity index (χ1v) is 11.7. The summed E-state index contributed by atoms with van der Waals surface area (Å²) in [4.78, 5) is 59.6. The van der Waals surface area contributed by atoms with E-state index < -0.39 is 60.2 Å². The van der Waals surface area contributed by atoms with Crippen LogP contribution >= 0.6 is 24.4 Å². The molecule has 4 unspecified atom stereocenters. The Kier molecular flexibility index (Phi) is 14.0. The van der Waals surface area contributed by atoms with Gasteiger partial charge in [0.2, 0.25) is 17.7 Å². The van der Waals surface area contributed by atoms with Crippen molar-refractivity contribution < 1.29 is 34.2 Å². The second-order valence-corrected chi connectivity index (χ2v) is 8.54. The summed E-state index contributed by atoms with van der Waals surface area (Å²) in [7, 11) is 0. The van der Waals surface area contributed by atoms with E-state index in [2.05, 4.69) is 28.6 Å². The molecule has 0 saturated heterocycles. The van der Waals surface area contributed by atoms with E-state index >= 15 is 0 Å². The van der Waals surface area contributed by atoms with Crippen molar-refractivity contribution in [3.8, 4) is 0 Å². The molecule has 0 aromatic heterocycles. The van der Waals surface area contributed by atoms with Gasteiger partial charge in [0.25, 0.3) is 0 Å². The number of hydrogen-bond acceptors (Lipinski definition) is 8. The maximum atomic E-state index is 12.8. The van der Waals surface area contributed by atoms with Crippen molar-refractivity contribution in [3.63, 3.8) is 0 Å². The van der Waals surface area contributed by atoms with Crippen molar-refractivity contribution in [2.45, 2.75) is 57.3 Å². The number of thiol groups is 1. The highest BCUT2D eigenvalue weighted by Crippen LogP contribution is 2.07. The summed E-state index contributed by atoms with van der Waals surface area (Å²) in [5, 5.41) is 25.4. The largest absolute Gasteiger partial charge is 0.481 e. The minimum absolute atomic E-state index is 0.0872. The number of carboxylic acids is 2. The van der Waals surface area contributed by atoms with Crippen LogP contribution in [-0.4, -0.2) is 81.8 Å². The molecule has 0 aromatic carbocycles. The van der Waals surface area contributed by atoms with Gasteiger partial charge in [-0.15, -0.1) is 0 Å². The summed E-state index contributed by atoms with van der Waals surface area (Å²) < 4.78 is 0. The van der Waals surface area contributed by atoms with Gasteiger partial charge in [-0.2, -0.15) is 24.4 Å². The molecule has 13 heteroatoms. The van der Waals surface area contributed by atoms with Crippen molar-refractivity contribution >= 4 is 54.1 Å². The number of thioether (sulfide) groups is 1. The lowest BCUT2D eigenvalue weighted by atomic mass is 10.0. The van der Waals surface area contributed by atoms with Gasteiger partial charge in [-0.05, 0) is 30.8 Å². The molecule has 11 nitrogen and oxygen atoms in total. The van der Waals surface area contributed by atoms with E-state index in [1.165, 1.54) is 11.8 Å². The molecule has 0 spiro atoms. The standard InChI is InChI=1S/C18H32N4O7S2/c1-9(2)14(22-15(25)10(19)8-30)17(27)20-11(6-7-31-3)16(26)21-12(18(28)29)4-5-13(23)24/h9-12,14,30H,4-8,19H2,1-3H3,(H,20,27)(H,21,26)(H,22,25)(H,23,24)(H,28,29). The van der Waals surface area contributed by atoms with Crippen molar-refractivity contribution in [1.82, 2.24) is 16.0 Å². The van der Waals surface area contributed by atoms with Crippen LogP contribution in [0.3, 0.4) is 0 Å². The fraction of sp³-hybridized carbons (Fsp3) is 0.722. The molecule has 0 rings (SSSR count). The van der Waals surface area contributed by atoms with Crippen LogP contribution in [0.1, 0.15) is 33.1 Å². The number of hydrogen-bond donors (Lipinski definition) is 7. The molecule has 31 heavy (non-hydrogen) atoms. The Morgan fingerprint density at radius 1 is 0.935 bits per heavy atom. The van der Waals surface area contributed by atoms with Gasteiger partial charge in [-0.25, -0.2) is 4.79 Å². The zero-order chi connectivity index (χ0) is 24.1. The molecule has 7 N–H and O–H groups in total. The summed E-state index contributed by atoms with van der Waals surface area (Å²) in [6, 6.07) is -4.35. The topological polar surface area (TPSA) is 188 Å². The number of rotatable bonds is 15. The minimum atomic E-state index is -1.41. The molecular formula is C18H32N4O7S2. The zero-order valence-corrected chi connectivity index (χ0v) is 19.5. The molecule has 0 heterocycles. The molecule has 0 radical (unpaired) electrons. The molecule has 0 aliphatic rings. The van der Waals surface area contributed by atoms with Crippen LogP contribution < -0.4 is 21.7 Å².